The third-order valence-corrected chi connectivity index (χ3v) is 4.62. The van der Waals surface area contributed by atoms with Gasteiger partial charge in [0.1, 0.15) is 11.5 Å². The largest absolute Gasteiger partial charge is 0.497 e. The Morgan fingerprint density at radius 1 is 0.958 bits per heavy atom. The number of hydrogen-bond donors (Lipinski definition) is 1. The molecule has 0 aliphatic carbocycles. The summed E-state index contributed by atoms with van der Waals surface area (Å²) in [5.41, 5.74) is 0.335. The van der Waals surface area contributed by atoms with E-state index in [1.807, 2.05) is 0 Å². The molecule has 0 radical (unpaired) electrons. The van der Waals surface area contributed by atoms with Crippen LogP contribution in [0.15, 0.2) is 47.4 Å². The van der Waals surface area contributed by atoms with Crippen LogP contribution in [0.25, 0.3) is 0 Å². The van der Waals surface area contributed by atoms with Crippen LogP contribution in [0.4, 0.5) is 5.69 Å². The lowest BCUT2D eigenvalue weighted by atomic mass is 10.2. The van der Waals surface area contributed by atoms with Crippen LogP contribution in [0, 0.1) is 0 Å². The number of anilines is 1. The van der Waals surface area contributed by atoms with Crippen LogP contribution in [0.1, 0.15) is 10.4 Å². The molecule has 1 N–H and O–H groups in total. The van der Waals surface area contributed by atoms with Gasteiger partial charge < -0.3 is 14.2 Å². The van der Waals surface area contributed by atoms with E-state index in [2.05, 4.69) is 9.46 Å². The third kappa shape index (κ3) is 3.77. The second-order valence-electron chi connectivity index (χ2n) is 4.69. The third-order valence-electron chi connectivity index (χ3n) is 3.23. The van der Waals surface area contributed by atoms with Crippen molar-refractivity contribution in [1.82, 2.24) is 0 Å². The normalized spacial score (nSPS) is 10.8. The van der Waals surface area contributed by atoms with Gasteiger partial charge in [-0.3, -0.25) is 4.72 Å². The zero-order chi connectivity index (χ0) is 17.7. The zero-order valence-corrected chi connectivity index (χ0v) is 14.2. The molecular weight excluding hydrogens is 334 g/mol. The van der Waals surface area contributed by atoms with Gasteiger partial charge in [0.05, 0.1) is 37.5 Å². The maximum atomic E-state index is 12.5. The van der Waals surface area contributed by atoms with Crippen molar-refractivity contribution in [3.63, 3.8) is 0 Å². The van der Waals surface area contributed by atoms with Crippen molar-refractivity contribution in [1.29, 1.82) is 0 Å². The maximum Gasteiger partial charge on any atom is 0.337 e. The Kier molecular flexibility index (Phi) is 5.30. The number of carbonyl (C=O) groups excluding carboxylic acids is 1. The van der Waals surface area contributed by atoms with E-state index in [1.165, 1.54) is 63.8 Å². The van der Waals surface area contributed by atoms with E-state index in [1.54, 1.807) is 0 Å². The summed E-state index contributed by atoms with van der Waals surface area (Å²) in [7, 11) is 0.278. The Labute approximate surface area is 140 Å². The summed E-state index contributed by atoms with van der Waals surface area (Å²) in [4.78, 5) is 11.7. The standard InChI is InChI=1S/C16H17NO6S/c1-21-12-5-7-13(8-6-12)24(19,20)17-14-10-11(16(18)23-3)4-9-15(14)22-2/h4-10,17H,1-3H3. The highest BCUT2D eigenvalue weighted by Gasteiger charge is 2.18. The average molecular weight is 351 g/mol. The molecule has 0 saturated carbocycles. The number of ether oxygens (including phenoxy) is 3. The lowest BCUT2D eigenvalue weighted by Gasteiger charge is -2.13. The van der Waals surface area contributed by atoms with Gasteiger partial charge in [-0.05, 0) is 42.5 Å². The Hall–Kier alpha value is -2.74. The Balaban J connectivity index is 2.38. The molecule has 8 heteroatoms. The van der Waals surface area contributed by atoms with Crippen molar-refractivity contribution in [3.8, 4) is 11.5 Å². The van der Waals surface area contributed by atoms with Crippen molar-refractivity contribution < 1.29 is 27.4 Å². The van der Waals surface area contributed by atoms with E-state index in [9.17, 15) is 13.2 Å². The molecular formula is C16H17NO6S. The Bertz CT molecular complexity index is 830. The second-order valence-corrected chi connectivity index (χ2v) is 6.37. The van der Waals surface area contributed by atoms with Crippen LogP contribution in [-0.2, 0) is 14.8 Å². The van der Waals surface area contributed by atoms with Gasteiger partial charge in [-0.25, -0.2) is 13.2 Å². The first-order valence-electron chi connectivity index (χ1n) is 6.84. The number of benzene rings is 2. The molecule has 0 bridgehead atoms. The van der Waals surface area contributed by atoms with Gasteiger partial charge in [0.2, 0.25) is 0 Å². The summed E-state index contributed by atoms with van der Waals surface area (Å²) < 4.78 is 42.2. The summed E-state index contributed by atoms with van der Waals surface area (Å²) in [6.07, 6.45) is 0. The molecule has 128 valence electrons. The molecule has 0 aliphatic heterocycles. The maximum absolute atomic E-state index is 12.5. The van der Waals surface area contributed by atoms with E-state index in [-0.39, 0.29) is 21.9 Å². The molecule has 0 fully saturated rings. The van der Waals surface area contributed by atoms with Gasteiger partial charge in [-0.15, -0.1) is 0 Å². The highest BCUT2D eigenvalue weighted by molar-refractivity contribution is 7.92. The molecule has 7 nitrogen and oxygen atoms in total. The number of carbonyl (C=O) groups is 1. The number of hydrogen-bond acceptors (Lipinski definition) is 6. The summed E-state index contributed by atoms with van der Waals surface area (Å²) in [5, 5.41) is 0. The van der Waals surface area contributed by atoms with Crippen molar-refractivity contribution in [2.24, 2.45) is 0 Å². The number of nitrogens with one attached hydrogen (secondary N) is 1. The van der Waals surface area contributed by atoms with Gasteiger partial charge in [0, 0.05) is 0 Å². The van der Waals surface area contributed by atoms with E-state index >= 15 is 0 Å². The quantitative estimate of drug-likeness (QED) is 0.803. The minimum atomic E-state index is -3.86. The predicted molar refractivity (Wildman–Crippen MR) is 88.1 cm³/mol. The lowest BCUT2D eigenvalue weighted by Crippen LogP contribution is -2.14. The van der Waals surface area contributed by atoms with E-state index in [0.717, 1.165) is 0 Å². The van der Waals surface area contributed by atoms with Crippen molar-refractivity contribution in [3.05, 3.63) is 48.0 Å². The number of rotatable bonds is 6. The van der Waals surface area contributed by atoms with Gasteiger partial charge in [0.15, 0.2) is 0 Å². The van der Waals surface area contributed by atoms with E-state index in [0.29, 0.717) is 5.75 Å². The van der Waals surface area contributed by atoms with Gasteiger partial charge in [-0.2, -0.15) is 0 Å². The minimum Gasteiger partial charge on any atom is -0.497 e. The monoisotopic (exact) mass is 351 g/mol. The lowest BCUT2D eigenvalue weighted by molar-refractivity contribution is 0.0600. The predicted octanol–water partition coefficient (Wildman–Crippen LogP) is 2.29. The van der Waals surface area contributed by atoms with Gasteiger partial charge >= 0.3 is 5.97 Å². The number of methoxy groups -OCH3 is 3. The highest BCUT2D eigenvalue weighted by atomic mass is 32.2. The summed E-state index contributed by atoms with van der Waals surface area (Å²) >= 11 is 0. The van der Waals surface area contributed by atoms with Crippen molar-refractivity contribution >= 4 is 21.7 Å². The molecule has 0 atom stereocenters. The SMILES string of the molecule is COC(=O)c1ccc(OC)c(NS(=O)(=O)c2ccc(OC)cc2)c1. The van der Waals surface area contributed by atoms with Crippen LogP contribution in [-0.4, -0.2) is 35.7 Å². The zero-order valence-electron chi connectivity index (χ0n) is 13.4. The first kappa shape index (κ1) is 17.6. The molecule has 0 aliphatic rings. The highest BCUT2D eigenvalue weighted by Crippen LogP contribution is 2.28. The van der Waals surface area contributed by atoms with Crippen LogP contribution in [0.5, 0.6) is 11.5 Å². The number of esters is 1. The topological polar surface area (TPSA) is 90.9 Å². The summed E-state index contributed by atoms with van der Waals surface area (Å²) in [6, 6.07) is 10.2. The smallest absolute Gasteiger partial charge is 0.337 e. The first-order valence-corrected chi connectivity index (χ1v) is 8.33. The fraction of sp³-hybridized carbons (Fsp3) is 0.188. The van der Waals surface area contributed by atoms with Crippen LogP contribution >= 0.6 is 0 Å². The fourth-order valence-corrected chi connectivity index (χ4v) is 3.05. The molecule has 0 saturated heterocycles. The van der Waals surface area contributed by atoms with Crippen molar-refractivity contribution in [2.45, 2.75) is 4.90 Å². The molecule has 2 aromatic carbocycles. The molecule has 0 unspecified atom stereocenters. The van der Waals surface area contributed by atoms with E-state index < -0.39 is 16.0 Å². The summed E-state index contributed by atoms with van der Waals surface area (Å²) in [6.45, 7) is 0. The molecule has 2 rings (SSSR count). The van der Waals surface area contributed by atoms with Crippen LogP contribution < -0.4 is 14.2 Å². The molecule has 0 aromatic heterocycles. The fourth-order valence-electron chi connectivity index (χ4n) is 1.99. The Morgan fingerprint density at radius 3 is 2.17 bits per heavy atom. The molecule has 2 aromatic rings. The second kappa shape index (κ2) is 7.22. The van der Waals surface area contributed by atoms with Gasteiger partial charge in [-0.1, -0.05) is 0 Å². The molecule has 24 heavy (non-hydrogen) atoms. The van der Waals surface area contributed by atoms with Gasteiger partial charge in [0.25, 0.3) is 10.0 Å². The molecule has 0 spiro atoms. The Morgan fingerprint density at radius 2 is 1.62 bits per heavy atom. The molecule has 0 amide bonds. The van der Waals surface area contributed by atoms with E-state index in [4.69, 9.17) is 9.47 Å². The summed E-state index contributed by atoms with van der Waals surface area (Å²) in [5.74, 6) is 0.238. The van der Waals surface area contributed by atoms with Crippen LogP contribution in [0.3, 0.4) is 0 Å². The van der Waals surface area contributed by atoms with Crippen molar-refractivity contribution in [2.75, 3.05) is 26.1 Å². The average Bonchev–Trinajstić information content (AvgIpc) is 2.60. The molecule has 0 heterocycles. The van der Waals surface area contributed by atoms with Crippen LogP contribution in [0.2, 0.25) is 0 Å². The minimum absolute atomic E-state index is 0.0498. The number of sulfonamides is 1. The first-order chi connectivity index (χ1) is 11.4.